The van der Waals surface area contributed by atoms with Gasteiger partial charge < -0.3 is 15.0 Å². The van der Waals surface area contributed by atoms with Gasteiger partial charge in [0.1, 0.15) is 0 Å². The number of rotatable bonds is 3. The van der Waals surface area contributed by atoms with Crippen molar-refractivity contribution in [3.63, 3.8) is 0 Å². The number of carbonyl (C=O) groups is 1. The van der Waals surface area contributed by atoms with Gasteiger partial charge in [-0.05, 0) is 55.7 Å². The number of fused-ring (bicyclic) bond motifs is 3. The Labute approximate surface area is 163 Å². The van der Waals surface area contributed by atoms with Crippen LogP contribution in [-0.2, 0) is 4.79 Å². The van der Waals surface area contributed by atoms with Gasteiger partial charge in [-0.1, -0.05) is 30.1 Å². The average Bonchev–Trinajstić information content (AvgIpc) is 3.02. The highest BCUT2D eigenvalue weighted by Gasteiger charge is 2.42. The van der Waals surface area contributed by atoms with Crippen molar-refractivity contribution in [3.8, 4) is 0 Å². The molecule has 2 fully saturated rings. The van der Waals surface area contributed by atoms with Crippen LogP contribution in [0.5, 0.6) is 0 Å². The topological polar surface area (TPSA) is 56.3 Å². The zero-order valence-electron chi connectivity index (χ0n) is 14.9. The maximum Gasteiger partial charge on any atom is 0.223 e. The van der Waals surface area contributed by atoms with Crippen LogP contribution in [0, 0.1) is 0 Å². The Bertz CT molecular complexity index is 850. The van der Waals surface area contributed by atoms with Crippen molar-refractivity contribution in [2.45, 2.75) is 63.0 Å². The van der Waals surface area contributed by atoms with E-state index in [0.29, 0.717) is 29.4 Å². The van der Waals surface area contributed by atoms with E-state index in [4.69, 9.17) is 23.2 Å². The third kappa shape index (κ3) is 3.12. The van der Waals surface area contributed by atoms with E-state index in [1.165, 1.54) is 0 Å². The summed E-state index contributed by atoms with van der Waals surface area (Å²) in [4.78, 5) is 18.2. The van der Waals surface area contributed by atoms with Crippen LogP contribution in [0.3, 0.4) is 0 Å². The summed E-state index contributed by atoms with van der Waals surface area (Å²) in [5.41, 5.74) is 1.41. The second-order valence-corrected chi connectivity index (χ2v) is 8.73. The number of carbonyl (C=O) groups excluding carboxylic acids is 1. The van der Waals surface area contributed by atoms with Crippen LogP contribution < -0.4 is 0 Å². The van der Waals surface area contributed by atoms with E-state index in [-0.39, 0.29) is 17.9 Å². The minimum absolute atomic E-state index is 0.0385. The summed E-state index contributed by atoms with van der Waals surface area (Å²) in [5.74, 6) is 0.204. The normalized spacial score (nSPS) is 26.9. The molecule has 1 aromatic heterocycles. The molecule has 2 heterocycles. The maximum atomic E-state index is 13.0. The zero-order valence-corrected chi connectivity index (χ0v) is 16.4. The molecule has 3 atom stereocenters. The standard InChI is InChI=1S/C20H24Cl2N2O2/c1-12(14-11-23-16-5-4-15(21)19(22)18(14)16)9-17(25)24-8-7-20(26)6-2-3-13(24)10-20/h4-5,11-13,23,26H,2-3,6-10H2,1H3. The number of piperidine rings is 1. The summed E-state index contributed by atoms with van der Waals surface area (Å²) in [6.45, 7) is 2.71. The molecule has 3 unspecified atom stereocenters. The van der Waals surface area contributed by atoms with Crippen LogP contribution in [0.15, 0.2) is 18.3 Å². The quantitative estimate of drug-likeness (QED) is 0.779. The van der Waals surface area contributed by atoms with E-state index in [2.05, 4.69) is 11.9 Å². The first-order chi connectivity index (χ1) is 12.4. The van der Waals surface area contributed by atoms with E-state index < -0.39 is 5.60 Å². The number of aromatic amines is 1. The lowest BCUT2D eigenvalue weighted by atomic mass is 9.76. The maximum absolute atomic E-state index is 13.0. The lowest BCUT2D eigenvalue weighted by Gasteiger charge is -2.48. The lowest BCUT2D eigenvalue weighted by Crippen LogP contribution is -2.55. The number of aliphatic hydroxyl groups is 1. The van der Waals surface area contributed by atoms with Gasteiger partial charge in [0.2, 0.25) is 5.91 Å². The van der Waals surface area contributed by atoms with E-state index >= 15 is 0 Å². The van der Waals surface area contributed by atoms with Crippen molar-refractivity contribution < 1.29 is 9.90 Å². The van der Waals surface area contributed by atoms with Gasteiger partial charge in [0, 0.05) is 36.1 Å². The highest BCUT2D eigenvalue weighted by molar-refractivity contribution is 6.45. The molecule has 1 aliphatic carbocycles. The largest absolute Gasteiger partial charge is 0.390 e. The van der Waals surface area contributed by atoms with Gasteiger partial charge in [-0.2, -0.15) is 0 Å². The van der Waals surface area contributed by atoms with Crippen molar-refractivity contribution in [1.82, 2.24) is 9.88 Å². The number of halogens is 2. The van der Waals surface area contributed by atoms with Gasteiger partial charge in [-0.3, -0.25) is 4.79 Å². The zero-order chi connectivity index (χ0) is 18.5. The SMILES string of the molecule is CC(CC(=O)N1CCC2(O)CCCC1C2)c1c[nH]c2ccc(Cl)c(Cl)c12. The minimum Gasteiger partial charge on any atom is -0.390 e. The number of amides is 1. The lowest BCUT2D eigenvalue weighted by molar-refractivity contribution is -0.144. The predicted molar refractivity (Wildman–Crippen MR) is 105 cm³/mol. The molecule has 0 radical (unpaired) electrons. The number of nitrogens with zero attached hydrogens (tertiary/aromatic N) is 1. The molecule has 6 heteroatoms. The number of hydrogen-bond donors (Lipinski definition) is 2. The Kier molecular flexibility index (Phi) is 4.70. The Balaban J connectivity index is 1.52. The van der Waals surface area contributed by atoms with Crippen LogP contribution in [0.25, 0.3) is 10.9 Å². The molecule has 1 amide bonds. The fourth-order valence-electron chi connectivity index (χ4n) is 4.70. The van der Waals surface area contributed by atoms with Crippen LogP contribution in [-0.4, -0.2) is 39.1 Å². The van der Waals surface area contributed by atoms with Crippen LogP contribution in [0.2, 0.25) is 10.0 Å². The van der Waals surface area contributed by atoms with Crippen molar-refractivity contribution in [1.29, 1.82) is 0 Å². The molecule has 4 nitrogen and oxygen atoms in total. The molecule has 2 bridgehead atoms. The fraction of sp³-hybridized carbons (Fsp3) is 0.550. The van der Waals surface area contributed by atoms with Crippen molar-refractivity contribution >= 4 is 40.0 Å². The van der Waals surface area contributed by atoms with Gasteiger partial charge in [0.05, 0.1) is 15.6 Å². The minimum atomic E-state index is -0.549. The Morgan fingerprint density at radius 1 is 1.42 bits per heavy atom. The molecule has 1 aliphatic heterocycles. The van der Waals surface area contributed by atoms with Gasteiger partial charge in [0.15, 0.2) is 0 Å². The van der Waals surface area contributed by atoms with E-state index in [0.717, 1.165) is 42.1 Å². The number of H-pyrrole nitrogens is 1. The van der Waals surface area contributed by atoms with Crippen LogP contribution in [0.1, 0.15) is 56.9 Å². The van der Waals surface area contributed by atoms with Crippen molar-refractivity contribution in [2.24, 2.45) is 0 Å². The number of aromatic nitrogens is 1. The third-order valence-electron chi connectivity index (χ3n) is 6.15. The molecule has 1 aromatic carbocycles. The number of nitrogens with one attached hydrogen (secondary N) is 1. The highest BCUT2D eigenvalue weighted by atomic mass is 35.5. The molecule has 2 N–H and O–H groups in total. The number of likely N-dealkylation sites (tertiary alicyclic amines) is 1. The van der Waals surface area contributed by atoms with E-state index in [1.54, 1.807) is 6.07 Å². The third-order valence-corrected chi connectivity index (χ3v) is 6.96. The molecule has 140 valence electrons. The van der Waals surface area contributed by atoms with E-state index in [1.807, 2.05) is 17.2 Å². The second kappa shape index (κ2) is 6.74. The molecule has 2 aliphatic rings. The summed E-state index contributed by atoms with van der Waals surface area (Å²) in [6, 6.07) is 3.87. The summed E-state index contributed by atoms with van der Waals surface area (Å²) in [7, 11) is 0. The first kappa shape index (κ1) is 18.1. The number of hydrogen-bond acceptors (Lipinski definition) is 2. The van der Waals surface area contributed by atoms with Crippen LogP contribution >= 0.6 is 23.2 Å². The van der Waals surface area contributed by atoms with Crippen molar-refractivity contribution in [3.05, 3.63) is 33.9 Å². The Morgan fingerprint density at radius 3 is 3.04 bits per heavy atom. The van der Waals surface area contributed by atoms with Gasteiger partial charge >= 0.3 is 0 Å². The molecule has 4 rings (SSSR count). The van der Waals surface area contributed by atoms with Gasteiger partial charge in [-0.15, -0.1) is 0 Å². The highest BCUT2D eigenvalue weighted by Crippen LogP contribution is 2.40. The fourth-order valence-corrected chi connectivity index (χ4v) is 5.13. The summed E-state index contributed by atoms with van der Waals surface area (Å²) in [6.07, 6.45) is 6.65. The molecular formula is C20H24Cl2N2O2. The van der Waals surface area contributed by atoms with Gasteiger partial charge in [0.25, 0.3) is 0 Å². The monoisotopic (exact) mass is 394 g/mol. The molecule has 0 spiro atoms. The molecule has 2 aromatic rings. The van der Waals surface area contributed by atoms with Crippen LogP contribution in [0.4, 0.5) is 0 Å². The van der Waals surface area contributed by atoms with Crippen molar-refractivity contribution in [2.75, 3.05) is 6.54 Å². The first-order valence-electron chi connectivity index (χ1n) is 9.35. The average molecular weight is 395 g/mol. The molecular weight excluding hydrogens is 371 g/mol. The Morgan fingerprint density at radius 2 is 2.23 bits per heavy atom. The predicted octanol–water partition coefficient (Wildman–Crippen LogP) is 4.87. The summed E-state index contributed by atoms with van der Waals surface area (Å²) in [5, 5.41) is 12.5. The number of benzene rings is 1. The molecule has 1 saturated heterocycles. The smallest absolute Gasteiger partial charge is 0.223 e. The molecule has 1 saturated carbocycles. The molecule has 26 heavy (non-hydrogen) atoms. The summed E-state index contributed by atoms with van der Waals surface area (Å²) >= 11 is 12.6. The van der Waals surface area contributed by atoms with Gasteiger partial charge in [-0.25, -0.2) is 0 Å². The second-order valence-electron chi connectivity index (χ2n) is 7.94. The summed E-state index contributed by atoms with van der Waals surface area (Å²) < 4.78 is 0. The first-order valence-corrected chi connectivity index (χ1v) is 10.1. The van der Waals surface area contributed by atoms with E-state index in [9.17, 15) is 9.90 Å². The Hall–Kier alpha value is -1.23.